The largest absolute Gasteiger partial charge is 0.494 e. The van der Waals surface area contributed by atoms with Gasteiger partial charge in [0, 0.05) is 5.56 Å². The lowest BCUT2D eigenvalue weighted by atomic mass is 10.1. The van der Waals surface area contributed by atoms with Crippen LogP contribution in [0.15, 0.2) is 51.9 Å². The summed E-state index contributed by atoms with van der Waals surface area (Å²) in [5.74, 6) is -0.356. The van der Waals surface area contributed by atoms with E-state index in [1.807, 2.05) is 24.3 Å². The molecule has 0 radical (unpaired) electrons. The number of rotatable bonds is 6. The molecular weight excluding hydrogens is 373 g/mol. The molecule has 0 saturated carbocycles. The van der Waals surface area contributed by atoms with Crippen LogP contribution >= 0.6 is 23.1 Å². The Hall–Kier alpha value is -2.45. The van der Waals surface area contributed by atoms with Crippen molar-refractivity contribution < 1.29 is 13.9 Å². The zero-order valence-electron chi connectivity index (χ0n) is 14.2. The Kier molecular flexibility index (Phi) is 5.85. The van der Waals surface area contributed by atoms with Crippen molar-refractivity contribution >= 4 is 44.9 Å². The molecule has 0 unspecified atom stereocenters. The first-order valence-corrected chi connectivity index (χ1v) is 9.52. The molecule has 1 amide bonds. The Morgan fingerprint density at radius 1 is 1.35 bits per heavy atom. The van der Waals surface area contributed by atoms with E-state index >= 15 is 0 Å². The first-order valence-electron chi connectivity index (χ1n) is 7.72. The molecule has 3 aromatic rings. The average Bonchev–Trinajstić information content (AvgIpc) is 3.07. The summed E-state index contributed by atoms with van der Waals surface area (Å²) in [7, 11) is 1.41. The van der Waals surface area contributed by atoms with Crippen LogP contribution in [-0.2, 0) is 4.79 Å². The van der Waals surface area contributed by atoms with Crippen molar-refractivity contribution in [1.29, 1.82) is 0 Å². The number of hydrazone groups is 1. The van der Waals surface area contributed by atoms with E-state index in [2.05, 4.69) is 15.5 Å². The zero-order chi connectivity index (χ0) is 18.5. The van der Waals surface area contributed by atoms with Gasteiger partial charge in [-0.1, -0.05) is 23.9 Å². The molecule has 8 heteroatoms. The maximum Gasteiger partial charge on any atom is 0.250 e. The Labute approximate surface area is 158 Å². The molecule has 0 aliphatic carbocycles. The Balaban J connectivity index is 1.57. The number of carbonyl (C=O) groups excluding carboxylic acids is 1. The number of nitrogens with zero attached hydrogens (tertiary/aromatic N) is 2. The third kappa shape index (κ3) is 4.39. The van der Waals surface area contributed by atoms with E-state index < -0.39 is 5.82 Å². The highest BCUT2D eigenvalue weighted by Crippen LogP contribution is 2.29. The third-order valence-corrected chi connectivity index (χ3v) is 5.70. The maximum absolute atomic E-state index is 13.7. The van der Waals surface area contributed by atoms with Crippen LogP contribution in [0.3, 0.4) is 0 Å². The molecule has 0 bridgehead atoms. The minimum absolute atomic E-state index is 0.165. The predicted molar refractivity (Wildman–Crippen MR) is 104 cm³/mol. The molecular formula is C18H16FN3O2S2. The van der Waals surface area contributed by atoms with Crippen molar-refractivity contribution in [2.45, 2.75) is 11.3 Å². The number of fused-ring (bicyclic) bond motifs is 1. The molecule has 1 N–H and O–H groups in total. The predicted octanol–water partition coefficient (Wildman–Crippen LogP) is 4.08. The van der Waals surface area contributed by atoms with Crippen molar-refractivity contribution in [2.24, 2.45) is 5.10 Å². The Morgan fingerprint density at radius 2 is 2.15 bits per heavy atom. The summed E-state index contributed by atoms with van der Waals surface area (Å²) < 4.78 is 20.5. The van der Waals surface area contributed by atoms with Gasteiger partial charge in [0.25, 0.3) is 5.91 Å². The fraction of sp³-hybridized carbons (Fsp3) is 0.167. The fourth-order valence-corrected chi connectivity index (χ4v) is 4.04. The lowest BCUT2D eigenvalue weighted by molar-refractivity contribution is -0.118. The molecule has 0 aliphatic rings. The van der Waals surface area contributed by atoms with E-state index in [0.29, 0.717) is 11.3 Å². The van der Waals surface area contributed by atoms with Crippen LogP contribution < -0.4 is 10.2 Å². The molecule has 0 fully saturated rings. The summed E-state index contributed by atoms with van der Waals surface area (Å²) in [5, 5.41) is 4.03. The number of hydrogen-bond acceptors (Lipinski definition) is 6. The lowest BCUT2D eigenvalue weighted by Gasteiger charge is -2.05. The molecule has 3 rings (SSSR count). The molecule has 26 heavy (non-hydrogen) atoms. The third-order valence-electron chi connectivity index (χ3n) is 3.52. The summed E-state index contributed by atoms with van der Waals surface area (Å²) in [6, 6.07) is 12.4. The second kappa shape index (κ2) is 8.29. The number of ether oxygens (including phenoxy) is 1. The van der Waals surface area contributed by atoms with Gasteiger partial charge < -0.3 is 4.74 Å². The summed E-state index contributed by atoms with van der Waals surface area (Å²) in [6.45, 7) is 1.70. The van der Waals surface area contributed by atoms with E-state index in [1.54, 1.807) is 24.3 Å². The molecule has 134 valence electrons. The van der Waals surface area contributed by atoms with Crippen LogP contribution in [-0.4, -0.2) is 29.5 Å². The number of amides is 1. The number of methoxy groups -OCH3 is 1. The highest BCUT2D eigenvalue weighted by Gasteiger charge is 2.09. The van der Waals surface area contributed by atoms with E-state index in [-0.39, 0.29) is 17.4 Å². The van der Waals surface area contributed by atoms with Crippen molar-refractivity contribution in [1.82, 2.24) is 10.4 Å². The molecule has 0 atom stereocenters. The highest BCUT2D eigenvalue weighted by molar-refractivity contribution is 8.01. The van der Waals surface area contributed by atoms with Gasteiger partial charge in [-0.3, -0.25) is 4.79 Å². The SMILES string of the molecule is COc1ccc(/C(C)=N\NC(=O)CSc2nc3ccccc3s2)cc1F. The quantitative estimate of drug-likeness (QED) is 0.392. The van der Waals surface area contributed by atoms with Crippen molar-refractivity contribution in [2.75, 3.05) is 12.9 Å². The average molecular weight is 389 g/mol. The zero-order valence-corrected chi connectivity index (χ0v) is 15.8. The number of thiazole rings is 1. The molecule has 1 heterocycles. The number of halogens is 1. The van der Waals surface area contributed by atoms with E-state index in [0.717, 1.165) is 14.6 Å². The van der Waals surface area contributed by atoms with Gasteiger partial charge in [-0.15, -0.1) is 11.3 Å². The standard InChI is InChI=1S/C18H16FN3O2S2/c1-11(12-7-8-15(24-2)13(19)9-12)21-22-17(23)10-25-18-20-14-5-3-4-6-16(14)26-18/h3-9H,10H2,1-2H3,(H,22,23)/b21-11-. The number of hydrogen-bond donors (Lipinski definition) is 1. The number of nitrogens with one attached hydrogen (secondary N) is 1. The Morgan fingerprint density at radius 3 is 2.88 bits per heavy atom. The fourth-order valence-electron chi connectivity index (χ4n) is 2.17. The van der Waals surface area contributed by atoms with Gasteiger partial charge in [-0.25, -0.2) is 14.8 Å². The molecule has 0 saturated heterocycles. The van der Waals surface area contributed by atoms with Crippen LogP contribution in [0.4, 0.5) is 4.39 Å². The second-order valence-corrected chi connectivity index (χ2v) is 7.57. The molecule has 1 aromatic heterocycles. The lowest BCUT2D eigenvalue weighted by Crippen LogP contribution is -2.21. The monoisotopic (exact) mass is 389 g/mol. The van der Waals surface area contributed by atoms with Gasteiger partial charge in [0.2, 0.25) is 0 Å². The van der Waals surface area contributed by atoms with Crippen molar-refractivity contribution in [3.05, 3.63) is 53.8 Å². The second-order valence-electron chi connectivity index (χ2n) is 5.32. The van der Waals surface area contributed by atoms with Gasteiger partial charge in [0.05, 0.1) is 28.8 Å². The molecule has 0 aliphatic heterocycles. The number of thioether (sulfide) groups is 1. The van der Waals surface area contributed by atoms with Crippen LogP contribution in [0.2, 0.25) is 0 Å². The first-order chi connectivity index (χ1) is 12.6. The number of benzene rings is 2. The van der Waals surface area contributed by atoms with Crippen LogP contribution in [0, 0.1) is 5.82 Å². The Bertz CT molecular complexity index is 939. The minimum atomic E-state index is -0.475. The van der Waals surface area contributed by atoms with Gasteiger partial charge in [-0.05, 0) is 37.3 Å². The number of para-hydroxylation sites is 1. The van der Waals surface area contributed by atoms with Crippen LogP contribution in [0.5, 0.6) is 5.75 Å². The normalized spacial score (nSPS) is 11.6. The number of carbonyl (C=O) groups is 1. The summed E-state index contributed by atoms with van der Waals surface area (Å²) in [5.41, 5.74) is 4.49. The summed E-state index contributed by atoms with van der Waals surface area (Å²) >= 11 is 2.91. The molecule has 5 nitrogen and oxygen atoms in total. The van der Waals surface area contributed by atoms with Crippen molar-refractivity contribution in [3.63, 3.8) is 0 Å². The smallest absolute Gasteiger partial charge is 0.250 e. The van der Waals surface area contributed by atoms with Crippen LogP contribution in [0.25, 0.3) is 10.2 Å². The van der Waals surface area contributed by atoms with Crippen LogP contribution in [0.1, 0.15) is 12.5 Å². The topological polar surface area (TPSA) is 63.6 Å². The summed E-state index contributed by atoms with van der Waals surface area (Å²) in [6.07, 6.45) is 0. The van der Waals surface area contributed by atoms with E-state index in [1.165, 1.54) is 31.0 Å². The van der Waals surface area contributed by atoms with Crippen molar-refractivity contribution in [3.8, 4) is 5.75 Å². The van der Waals surface area contributed by atoms with Gasteiger partial charge in [0.15, 0.2) is 15.9 Å². The first kappa shape index (κ1) is 18.3. The number of aromatic nitrogens is 1. The van der Waals surface area contributed by atoms with E-state index in [9.17, 15) is 9.18 Å². The minimum Gasteiger partial charge on any atom is -0.494 e. The van der Waals surface area contributed by atoms with Gasteiger partial charge >= 0.3 is 0 Å². The maximum atomic E-state index is 13.7. The highest BCUT2D eigenvalue weighted by atomic mass is 32.2. The molecule has 0 spiro atoms. The molecule has 2 aromatic carbocycles. The van der Waals surface area contributed by atoms with E-state index in [4.69, 9.17) is 4.74 Å². The van der Waals surface area contributed by atoms with Gasteiger partial charge in [-0.2, -0.15) is 5.10 Å². The summed E-state index contributed by atoms with van der Waals surface area (Å²) in [4.78, 5) is 16.4. The van der Waals surface area contributed by atoms with Gasteiger partial charge in [0.1, 0.15) is 0 Å².